The van der Waals surface area contributed by atoms with Gasteiger partial charge in [0.25, 0.3) is 0 Å². The number of halogens is 1. The van der Waals surface area contributed by atoms with Crippen molar-refractivity contribution in [2.24, 2.45) is 0 Å². The summed E-state index contributed by atoms with van der Waals surface area (Å²) in [4.78, 5) is 12.8. The number of ketones is 1. The number of imidazole rings is 1. The summed E-state index contributed by atoms with van der Waals surface area (Å²) >= 11 is 0. The molecular weight excluding hydrogens is 434 g/mol. The Morgan fingerprint density at radius 1 is 0.862 bits per heavy atom. The number of para-hydroxylation sites is 2. The summed E-state index contributed by atoms with van der Waals surface area (Å²) in [6.07, 6.45) is 0. The van der Waals surface area contributed by atoms with E-state index in [-0.39, 0.29) is 52.0 Å². The molecule has 0 bridgehead atoms. The molecule has 0 saturated heterocycles. The van der Waals surface area contributed by atoms with Gasteiger partial charge in [0, 0.05) is 0 Å². The monoisotopic (exact) mass is 453 g/mol. The lowest BCUT2D eigenvalue weighted by Gasteiger charge is -2.07. The van der Waals surface area contributed by atoms with Crippen LogP contribution in [0, 0.1) is 5.41 Å². The third kappa shape index (κ3) is 3.95. The Morgan fingerprint density at radius 2 is 1.48 bits per heavy atom. The molecule has 1 heterocycles. The molecule has 6 nitrogen and oxygen atoms in total. The summed E-state index contributed by atoms with van der Waals surface area (Å²) in [5.41, 5.74) is 2.89. The van der Waals surface area contributed by atoms with E-state index in [0.29, 0.717) is 6.54 Å². The predicted octanol–water partition coefficient (Wildman–Crippen LogP) is 3.84. The van der Waals surface area contributed by atoms with Crippen LogP contribution in [0.4, 0.5) is 0 Å². The van der Waals surface area contributed by atoms with Gasteiger partial charge in [-0.1, -0.05) is 42.5 Å². The fraction of sp³-hybridized carbons (Fsp3) is 0.0909. The van der Waals surface area contributed by atoms with Gasteiger partial charge in [-0.25, -0.2) is 0 Å². The molecule has 0 amide bonds. The lowest BCUT2D eigenvalue weighted by molar-refractivity contribution is 0.0968. The van der Waals surface area contributed by atoms with Gasteiger partial charge in [0.15, 0.2) is 5.78 Å². The van der Waals surface area contributed by atoms with Crippen molar-refractivity contribution in [3.8, 4) is 11.5 Å². The molecule has 0 atom stereocenters. The molecule has 0 fully saturated rings. The average molecular weight is 454 g/mol. The Balaban J connectivity index is 0.00000240. The number of phenols is 2. The van der Waals surface area contributed by atoms with E-state index in [1.165, 1.54) is 18.2 Å². The number of aromatic nitrogens is 2. The molecule has 29 heavy (non-hydrogen) atoms. The van der Waals surface area contributed by atoms with Crippen molar-refractivity contribution in [2.45, 2.75) is 13.1 Å². The normalized spacial score (nSPS) is 10.6. The van der Waals surface area contributed by atoms with Crippen LogP contribution in [-0.2, 0) is 13.1 Å². The van der Waals surface area contributed by atoms with E-state index in [2.05, 4.69) is 0 Å². The number of hydrogen-bond acceptors (Lipinski definition) is 4. The van der Waals surface area contributed by atoms with E-state index in [1.54, 1.807) is 4.57 Å². The number of carbonyl (C=O) groups excluding carboxylic acids is 1. The predicted molar refractivity (Wildman–Crippen MR) is 116 cm³/mol. The molecule has 0 saturated carbocycles. The smallest absolute Gasteiger partial charge is 0.203 e. The van der Waals surface area contributed by atoms with Crippen molar-refractivity contribution in [1.29, 1.82) is 5.41 Å². The lowest BCUT2D eigenvalue weighted by atomic mass is 10.1. The maximum atomic E-state index is 12.8. The maximum absolute atomic E-state index is 12.8. The Morgan fingerprint density at radius 3 is 2.17 bits per heavy atom. The van der Waals surface area contributed by atoms with Gasteiger partial charge < -0.3 is 19.3 Å². The molecule has 0 aliphatic heterocycles. The van der Waals surface area contributed by atoms with Crippen LogP contribution in [0.1, 0.15) is 15.9 Å². The van der Waals surface area contributed by atoms with E-state index < -0.39 is 0 Å². The minimum Gasteiger partial charge on any atom is -0.508 e. The molecule has 0 aliphatic carbocycles. The van der Waals surface area contributed by atoms with Crippen molar-refractivity contribution in [1.82, 2.24) is 9.13 Å². The molecule has 0 spiro atoms. The molecular formula is C22H20BrN3O3. The maximum Gasteiger partial charge on any atom is 0.203 e. The van der Waals surface area contributed by atoms with Crippen molar-refractivity contribution in [3.05, 3.63) is 89.5 Å². The lowest BCUT2D eigenvalue weighted by Crippen LogP contribution is -2.27. The molecule has 7 heteroatoms. The number of hydrogen-bond donors (Lipinski definition) is 3. The molecule has 3 N–H and O–H groups in total. The number of aromatic hydroxyl groups is 2. The largest absolute Gasteiger partial charge is 0.508 e. The second-order valence-electron chi connectivity index (χ2n) is 6.59. The first kappa shape index (κ1) is 20.4. The van der Waals surface area contributed by atoms with Gasteiger partial charge in [0.05, 0.1) is 29.7 Å². The highest BCUT2D eigenvalue weighted by atomic mass is 79.9. The average Bonchev–Trinajstić information content (AvgIpc) is 2.96. The van der Waals surface area contributed by atoms with Crippen molar-refractivity contribution >= 4 is 33.8 Å². The molecule has 0 unspecified atom stereocenters. The van der Waals surface area contributed by atoms with E-state index >= 15 is 0 Å². The SMILES string of the molecule is Br.N=c1n(CC(=O)c2cc(O)ccc2O)c2ccccc2n1Cc1ccccc1. The molecule has 0 radical (unpaired) electrons. The van der Waals surface area contributed by atoms with Crippen LogP contribution in [0.15, 0.2) is 72.8 Å². The summed E-state index contributed by atoms with van der Waals surface area (Å²) in [7, 11) is 0. The molecule has 3 aromatic carbocycles. The van der Waals surface area contributed by atoms with E-state index in [4.69, 9.17) is 5.41 Å². The zero-order chi connectivity index (χ0) is 19.7. The first-order valence-corrected chi connectivity index (χ1v) is 8.86. The van der Waals surface area contributed by atoms with Crippen LogP contribution in [-0.4, -0.2) is 25.1 Å². The highest BCUT2D eigenvalue weighted by Crippen LogP contribution is 2.23. The Hall–Kier alpha value is -3.32. The molecule has 4 rings (SSSR count). The molecule has 4 aromatic rings. The fourth-order valence-electron chi connectivity index (χ4n) is 3.36. The summed E-state index contributed by atoms with van der Waals surface area (Å²) < 4.78 is 3.46. The van der Waals surface area contributed by atoms with Crippen LogP contribution in [0.2, 0.25) is 0 Å². The van der Waals surface area contributed by atoms with Gasteiger partial charge >= 0.3 is 0 Å². The third-order valence-electron chi connectivity index (χ3n) is 4.74. The third-order valence-corrected chi connectivity index (χ3v) is 4.74. The number of nitrogens with one attached hydrogen (secondary N) is 1. The van der Waals surface area contributed by atoms with Crippen LogP contribution < -0.4 is 5.62 Å². The van der Waals surface area contributed by atoms with Gasteiger partial charge in [-0.15, -0.1) is 17.0 Å². The number of carbonyl (C=O) groups is 1. The van der Waals surface area contributed by atoms with E-state index in [0.717, 1.165) is 16.6 Å². The van der Waals surface area contributed by atoms with Crippen LogP contribution in [0.25, 0.3) is 11.0 Å². The van der Waals surface area contributed by atoms with Crippen LogP contribution in [0.3, 0.4) is 0 Å². The highest BCUT2D eigenvalue weighted by molar-refractivity contribution is 8.93. The first-order valence-electron chi connectivity index (χ1n) is 8.86. The minimum absolute atomic E-state index is 0. The van der Waals surface area contributed by atoms with Crippen molar-refractivity contribution in [3.63, 3.8) is 0 Å². The Labute approximate surface area is 177 Å². The summed E-state index contributed by atoms with van der Waals surface area (Å²) in [6, 6.07) is 21.2. The fourth-order valence-corrected chi connectivity index (χ4v) is 3.36. The summed E-state index contributed by atoms with van der Waals surface area (Å²) in [5.74, 6) is -0.666. The second-order valence-corrected chi connectivity index (χ2v) is 6.59. The van der Waals surface area contributed by atoms with Crippen LogP contribution >= 0.6 is 17.0 Å². The van der Waals surface area contributed by atoms with Gasteiger partial charge in [0.1, 0.15) is 11.5 Å². The zero-order valence-corrected chi connectivity index (χ0v) is 17.2. The molecule has 1 aromatic heterocycles. The van der Waals surface area contributed by atoms with Gasteiger partial charge in [-0.05, 0) is 35.9 Å². The topological polar surface area (TPSA) is 91.2 Å². The summed E-state index contributed by atoms with van der Waals surface area (Å²) in [5, 5.41) is 28.2. The second kappa shape index (κ2) is 8.36. The highest BCUT2D eigenvalue weighted by Gasteiger charge is 2.17. The number of rotatable bonds is 5. The summed E-state index contributed by atoms with van der Waals surface area (Å²) in [6.45, 7) is 0.400. The van der Waals surface area contributed by atoms with Crippen molar-refractivity contribution < 1.29 is 15.0 Å². The quantitative estimate of drug-likeness (QED) is 0.316. The Kier molecular flexibility index (Phi) is 5.89. The number of fused-ring (bicyclic) bond motifs is 1. The molecule has 148 valence electrons. The van der Waals surface area contributed by atoms with E-state index in [9.17, 15) is 15.0 Å². The zero-order valence-electron chi connectivity index (χ0n) is 15.4. The van der Waals surface area contributed by atoms with Crippen molar-refractivity contribution in [2.75, 3.05) is 0 Å². The molecule has 0 aliphatic rings. The van der Waals surface area contributed by atoms with Gasteiger partial charge in [0.2, 0.25) is 5.62 Å². The van der Waals surface area contributed by atoms with Gasteiger partial charge in [-0.2, -0.15) is 0 Å². The van der Waals surface area contributed by atoms with Crippen LogP contribution in [0.5, 0.6) is 11.5 Å². The number of Topliss-reactive ketones (excluding diaryl/α,β-unsaturated/α-hetero) is 1. The Bertz CT molecular complexity index is 1230. The number of benzene rings is 3. The number of nitrogens with zero attached hydrogens (tertiary/aromatic N) is 2. The standard InChI is InChI=1S/C22H19N3O3.BrH/c23-22-24(13-15-6-2-1-3-7-15)18-8-4-5-9-19(18)25(22)14-21(28)17-12-16(26)10-11-20(17)27;/h1-12,23,26-27H,13-14H2;1H. The van der Waals surface area contributed by atoms with Gasteiger partial charge in [-0.3, -0.25) is 10.2 Å². The number of phenolic OH excluding ortho intramolecular Hbond substituents is 2. The first-order chi connectivity index (χ1) is 13.5. The van der Waals surface area contributed by atoms with E-state index in [1.807, 2.05) is 59.2 Å². The minimum atomic E-state index is -0.380.